The van der Waals surface area contributed by atoms with Crippen LogP contribution in [0.15, 0.2) is 24.4 Å². The second-order valence-corrected chi connectivity index (χ2v) is 6.89. The largest absolute Gasteiger partial charge is 0.339 e. The molecule has 2 heterocycles. The van der Waals surface area contributed by atoms with Crippen molar-refractivity contribution in [1.82, 2.24) is 15.3 Å². The van der Waals surface area contributed by atoms with Crippen LogP contribution >= 0.6 is 34.8 Å². The Morgan fingerprint density at radius 1 is 1.30 bits per heavy atom. The fourth-order valence-electron chi connectivity index (χ4n) is 2.59. The minimum Gasteiger partial charge on any atom is -0.339 e. The van der Waals surface area contributed by atoms with E-state index in [1.165, 1.54) is 0 Å². The summed E-state index contributed by atoms with van der Waals surface area (Å²) in [5.74, 6) is 0.689. The van der Waals surface area contributed by atoms with Gasteiger partial charge in [0, 0.05) is 47.5 Å². The molecular formula is C16H17Cl3N4. The standard InChI is InChI=1S/C16H17Cl3N4/c1-10-7-21-16(22-15(10)19)23-5-4-13(9-23)20-8-11-2-3-12(17)6-14(11)18/h2-3,6-7,13,20H,4-5,8-9H2,1H3. The third kappa shape index (κ3) is 4.07. The van der Waals surface area contributed by atoms with Crippen LogP contribution < -0.4 is 10.2 Å². The molecule has 4 nitrogen and oxygen atoms in total. The Kier molecular flexibility index (Phi) is 5.27. The second kappa shape index (κ2) is 7.22. The third-order valence-corrected chi connectivity index (χ3v) is 4.93. The van der Waals surface area contributed by atoms with E-state index >= 15 is 0 Å². The molecule has 1 saturated heterocycles. The predicted molar refractivity (Wildman–Crippen MR) is 95.7 cm³/mol. The molecule has 1 aliphatic rings. The van der Waals surface area contributed by atoms with E-state index in [1.54, 1.807) is 12.3 Å². The molecule has 0 radical (unpaired) electrons. The molecule has 0 spiro atoms. The molecule has 2 aromatic rings. The topological polar surface area (TPSA) is 41.1 Å². The molecule has 7 heteroatoms. The number of rotatable bonds is 4. The molecule has 1 aromatic carbocycles. The summed E-state index contributed by atoms with van der Waals surface area (Å²) in [6.45, 7) is 4.37. The maximum absolute atomic E-state index is 6.20. The molecule has 1 aliphatic heterocycles. The first-order valence-corrected chi connectivity index (χ1v) is 8.57. The van der Waals surface area contributed by atoms with Gasteiger partial charge in [0.05, 0.1) is 0 Å². The Morgan fingerprint density at radius 2 is 2.13 bits per heavy atom. The molecular weight excluding hydrogens is 355 g/mol. The van der Waals surface area contributed by atoms with Crippen LogP contribution in [0.4, 0.5) is 5.95 Å². The monoisotopic (exact) mass is 370 g/mol. The van der Waals surface area contributed by atoms with Gasteiger partial charge in [0.25, 0.3) is 0 Å². The van der Waals surface area contributed by atoms with E-state index < -0.39 is 0 Å². The minimum atomic E-state index is 0.366. The first kappa shape index (κ1) is 16.8. The molecule has 0 amide bonds. The highest BCUT2D eigenvalue weighted by molar-refractivity contribution is 6.35. The molecule has 3 rings (SSSR count). The van der Waals surface area contributed by atoms with Crippen molar-refractivity contribution in [3.8, 4) is 0 Å². The zero-order valence-corrected chi connectivity index (χ0v) is 15.0. The molecule has 1 fully saturated rings. The minimum absolute atomic E-state index is 0.366. The Labute approximate surface area is 150 Å². The van der Waals surface area contributed by atoms with E-state index in [-0.39, 0.29) is 0 Å². The molecule has 1 aromatic heterocycles. The molecule has 1 unspecified atom stereocenters. The zero-order valence-electron chi connectivity index (χ0n) is 12.7. The number of nitrogens with zero attached hydrogens (tertiary/aromatic N) is 3. The summed E-state index contributed by atoms with van der Waals surface area (Å²) < 4.78 is 0. The summed E-state index contributed by atoms with van der Waals surface area (Å²) in [5, 5.41) is 5.38. The predicted octanol–water partition coefficient (Wildman–Crippen LogP) is 4.11. The zero-order chi connectivity index (χ0) is 16.4. The third-order valence-electron chi connectivity index (χ3n) is 3.96. The van der Waals surface area contributed by atoms with Crippen molar-refractivity contribution in [2.24, 2.45) is 0 Å². The lowest BCUT2D eigenvalue weighted by Crippen LogP contribution is -2.32. The fraction of sp³-hybridized carbons (Fsp3) is 0.375. The first-order chi connectivity index (χ1) is 11.0. The fourth-order valence-corrected chi connectivity index (χ4v) is 3.19. The van der Waals surface area contributed by atoms with E-state index in [1.807, 2.05) is 19.1 Å². The normalized spacial score (nSPS) is 17.7. The molecule has 1 N–H and O–H groups in total. The molecule has 23 heavy (non-hydrogen) atoms. The van der Waals surface area contributed by atoms with E-state index in [0.29, 0.717) is 33.7 Å². The smallest absolute Gasteiger partial charge is 0.226 e. The van der Waals surface area contributed by atoms with Gasteiger partial charge in [0.2, 0.25) is 5.95 Å². The molecule has 0 aliphatic carbocycles. The maximum Gasteiger partial charge on any atom is 0.226 e. The van der Waals surface area contributed by atoms with Crippen molar-refractivity contribution in [3.63, 3.8) is 0 Å². The Balaban J connectivity index is 1.58. The van der Waals surface area contributed by atoms with Gasteiger partial charge in [0.15, 0.2) is 0 Å². The van der Waals surface area contributed by atoms with Gasteiger partial charge in [-0.25, -0.2) is 9.97 Å². The van der Waals surface area contributed by atoms with Crippen LogP contribution in [0.5, 0.6) is 0 Å². The van der Waals surface area contributed by atoms with Crippen molar-refractivity contribution in [3.05, 3.63) is 50.7 Å². The molecule has 0 bridgehead atoms. The van der Waals surface area contributed by atoms with Crippen LogP contribution in [0, 0.1) is 6.92 Å². The van der Waals surface area contributed by atoms with Crippen molar-refractivity contribution < 1.29 is 0 Å². The van der Waals surface area contributed by atoms with Crippen molar-refractivity contribution >= 4 is 40.8 Å². The summed E-state index contributed by atoms with van der Waals surface area (Å²) in [5.41, 5.74) is 1.94. The van der Waals surface area contributed by atoms with Gasteiger partial charge < -0.3 is 10.2 Å². The Bertz CT molecular complexity index is 708. The number of benzene rings is 1. The summed E-state index contributed by atoms with van der Waals surface area (Å²) in [4.78, 5) is 10.9. The number of hydrogen-bond acceptors (Lipinski definition) is 4. The van der Waals surface area contributed by atoms with E-state index in [9.17, 15) is 0 Å². The van der Waals surface area contributed by atoms with Crippen LogP contribution in [-0.4, -0.2) is 29.1 Å². The number of aromatic nitrogens is 2. The number of anilines is 1. The Morgan fingerprint density at radius 3 is 2.87 bits per heavy atom. The highest BCUT2D eigenvalue weighted by Crippen LogP contribution is 2.22. The van der Waals surface area contributed by atoms with Crippen molar-refractivity contribution in [2.45, 2.75) is 25.9 Å². The average Bonchev–Trinajstić information content (AvgIpc) is 2.98. The van der Waals surface area contributed by atoms with E-state index in [2.05, 4.69) is 20.2 Å². The summed E-state index contributed by atoms with van der Waals surface area (Å²) in [6.07, 6.45) is 2.79. The number of halogens is 3. The van der Waals surface area contributed by atoms with Crippen LogP contribution in [0.2, 0.25) is 15.2 Å². The number of nitrogens with one attached hydrogen (secondary N) is 1. The van der Waals surface area contributed by atoms with Gasteiger partial charge >= 0.3 is 0 Å². The number of hydrogen-bond donors (Lipinski definition) is 1. The Hall–Kier alpha value is -1.07. The van der Waals surface area contributed by atoms with Gasteiger partial charge in [-0.15, -0.1) is 0 Å². The lowest BCUT2D eigenvalue weighted by Gasteiger charge is -2.17. The second-order valence-electron chi connectivity index (χ2n) is 5.69. The SMILES string of the molecule is Cc1cnc(N2CCC(NCc3ccc(Cl)cc3Cl)C2)nc1Cl. The van der Waals surface area contributed by atoms with Crippen LogP contribution in [0.1, 0.15) is 17.5 Å². The summed E-state index contributed by atoms with van der Waals surface area (Å²) in [6, 6.07) is 5.94. The highest BCUT2D eigenvalue weighted by atomic mass is 35.5. The highest BCUT2D eigenvalue weighted by Gasteiger charge is 2.24. The van der Waals surface area contributed by atoms with E-state index in [4.69, 9.17) is 34.8 Å². The average molecular weight is 372 g/mol. The van der Waals surface area contributed by atoms with Gasteiger partial charge in [-0.05, 0) is 31.0 Å². The van der Waals surface area contributed by atoms with Gasteiger partial charge in [-0.2, -0.15) is 0 Å². The van der Waals surface area contributed by atoms with Gasteiger partial charge in [-0.1, -0.05) is 40.9 Å². The molecule has 122 valence electrons. The summed E-state index contributed by atoms with van der Waals surface area (Å²) >= 11 is 18.2. The van der Waals surface area contributed by atoms with Crippen LogP contribution in [0.25, 0.3) is 0 Å². The molecule has 0 saturated carbocycles. The first-order valence-electron chi connectivity index (χ1n) is 7.44. The van der Waals surface area contributed by atoms with Crippen LogP contribution in [0.3, 0.4) is 0 Å². The van der Waals surface area contributed by atoms with Crippen LogP contribution in [-0.2, 0) is 6.54 Å². The van der Waals surface area contributed by atoms with Crippen molar-refractivity contribution in [2.75, 3.05) is 18.0 Å². The van der Waals surface area contributed by atoms with Gasteiger partial charge in [-0.3, -0.25) is 0 Å². The quantitative estimate of drug-likeness (QED) is 0.821. The van der Waals surface area contributed by atoms with E-state index in [0.717, 1.165) is 30.6 Å². The lowest BCUT2D eigenvalue weighted by atomic mass is 10.2. The van der Waals surface area contributed by atoms with Gasteiger partial charge in [0.1, 0.15) is 5.15 Å². The maximum atomic E-state index is 6.20. The van der Waals surface area contributed by atoms with Crippen molar-refractivity contribution in [1.29, 1.82) is 0 Å². The number of aryl methyl sites for hydroxylation is 1. The lowest BCUT2D eigenvalue weighted by molar-refractivity contribution is 0.551. The molecule has 1 atom stereocenters. The summed E-state index contributed by atoms with van der Waals surface area (Å²) in [7, 11) is 0.